The number of likely N-dealkylation sites (N-methyl/N-ethyl adjacent to an activating group) is 1. The van der Waals surface area contributed by atoms with Gasteiger partial charge in [-0.3, -0.25) is 4.79 Å². The Balaban J connectivity index is 1.94. The molecule has 0 radical (unpaired) electrons. The first-order valence-corrected chi connectivity index (χ1v) is 7.49. The van der Waals surface area contributed by atoms with Crippen LogP contribution < -0.4 is 10.3 Å². The standard InChI is InChI=1S/C17H18ClN3O2/c1-21(9-10-22)16-7-5-13(6-8-16)12-19-20-17(23)14-3-2-4-15(18)11-14/h2-8,11-12,22H,9-10H2,1H3,(H,20,23)/b19-12-. The zero-order chi connectivity index (χ0) is 16.7. The summed E-state index contributed by atoms with van der Waals surface area (Å²) < 4.78 is 0. The van der Waals surface area contributed by atoms with Gasteiger partial charge in [0.2, 0.25) is 0 Å². The number of rotatable bonds is 6. The van der Waals surface area contributed by atoms with Crippen LogP contribution in [-0.4, -0.2) is 37.4 Å². The van der Waals surface area contributed by atoms with E-state index >= 15 is 0 Å². The molecule has 2 N–H and O–H groups in total. The zero-order valence-corrected chi connectivity index (χ0v) is 13.5. The lowest BCUT2D eigenvalue weighted by molar-refractivity contribution is 0.0955. The molecule has 5 nitrogen and oxygen atoms in total. The largest absolute Gasteiger partial charge is 0.395 e. The van der Waals surface area contributed by atoms with E-state index in [4.69, 9.17) is 16.7 Å². The van der Waals surface area contributed by atoms with Crippen molar-refractivity contribution in [2.75, 3.05) is 25.1 Å². The van der Waals surface area contributed by atoms with Gasteiger partial charge in [-0.15, -0.1) is 0 Å². The maximum Gasteiger partial charge on any atom is 0.271 e. The number of benzene rings is 2. The normalized spacial score (nSPS) is 10.7. The van der Waals surface area contributed by atoms with E-state index in [-0.39, 0.29) is 12.5 Å². The molecule has 2 aromatic carbocycles. The Bertz CT molecular complexity index is 686. The summed E-state index contributed by atoms with van der Waals surface area (Å²) in [7, 11) is 1.91. The first-order chi connectivity index (χ1) is 11.1. The van der Waals surface area contributed by atoms with Crippen LogP contribution in [0.15, 0.2) is 53.6 Å². The van der Waals surface area contributed by atoms with Crippen LogP contribution in [0.4, 0.5) is 5.69 Å². The number of amides is 1. The Hall–Kier alpha value is -2.37. The van der Waals surface area contributed by atoms with Crippen LogP contribution in [-0.2, 0) is 0 Å². The van der Waals surface area contributed by atoms with E-state index in [1.807, 2.05) is 36.2 Å². The van der Waals surface area contributed by atoms with E-state index < -0.39 is 0 Å². The van der Waals surface area contributed by atoms with Gasteiger partial charge in [-0.05, 0) is 35.9 Å². The fraction of sp³-hybridized carbons (Fsp3) is 0.176. The van der Waals surface area contributed by atoms with Crippen molar-refractivity contribution in [3.63, 3.8) is 0 Å². The summed E-state index contributed by atoms with van der Waals surface area (Å²) in [5, 5.41) is 13.4. The molecule has 0 aliphatic heterocycles. The highest BCUT2D eigenvalue weighted by Crippen LogP contribution is 2.12. The second-order valence-electron chi connectivity index (χ2n) is 4.95. The van der Waals surface area contributed by atoms with E-state index in [0.717, 1.165) is 11.3 Å². The molecule has 6 heteroatoms. The van der Waals surface area contributed by atoms with Gasteiger partial charge in [-0.2, -0.15) is 5.10 Å². The number of halogens is 1. The number of hydrogen-bond donors (Lipinski definition) is 2. The molecule has 2 rings (SSSR count). The van der Waals surface area contributed by atoms with E-state index in [2.05, 4.69) is 10.5 Å². The van der Waals surface area contributed by atoms with Gasteiger partial charge >= 0.3 is 0 Å². The number of hydrazone groups is 1. The van der Waals surface area contributed by atoms with Crippen LogP contribution in [0.2, 0.25) is 5.02 Å². The molecule has 0 saturated carbocycles. The van der Waals surface area contributed by atoms with Crippen molar-refractivity contribution >= 4 is 29.4 Å². The average molecular weight is 332 g/mol. The number of nitrogens with zero attached hydrogens (tertiary/aromatic N) is 2. The van der Waals surface area contributed by atoms with Crippen molar-refractivity contribution in [3.05, 3.63) is 64.7 Å². The number of anilines is 1. The quantitative estimate of drug-likeness (QED) is 0.631. The highest BCUT2D eigenvalue weighted by molar-refractivity contribution is 6.30. The first-order valence-electron chi connectivity index (χ1n) is 7.11. The molecule has 0 atom stereocenters. The lowest BCUT2D eigenvalue weighted by atomic mass is 10.2. The number of carbonyl (C=O) groups excluding carboxylic acids is 1. The molecule has 0 aliphatic rings. The average Bonchev–Trinajstić information content (AvgIpc) is 2.55. The number of nitrogens with one attached hydrogen (secondary N) is 1. The van der Waals surface area contributed by atoms with Gasteiger partial charge in [0.25, 0.3) is 5.91 Å². The summed E-state index contributed by atoms with van der Waals surface area (Å²) in [5.74, 6) is -0.317. The van der Waals surface area contributed by atoms with Crippen LogP contribution in [0.25, 0.3) is 0 Å². The number of hydrogen-bond acceptors (Lipinski definition) is 4. The SMILES string of the molecule is CN(CCO)c1ccc(/C=N\NC(=O)c2cccc(Cl)c2)cc1. The van der Waals surface area contributed by atoms with Crippen molar-refractivity contribution in [2.45, 2.75) is 0 Å². The van der Waals surface area contributed by atoms with Gasteiger partial charge in [-0.1, -0.05) is 29.8 Å². The molecule has 0 heterocycles. The summed E-state index contributed by atoms with van der Waals surface area (Å²) in [5.41, 5.74) is 4.77. The molecular formula is C17H18ClN3O2. The maximum absolute atomic E-state index is 11.9. The van der Waals surface area contributed by atoms with Crippen LogP contribution in [0.5, 0.6) is 0 Å². The third-order valence-corrected chi connectivity index (χ3v) is 3.47. The Labute approximate surface area is 140 Å². The molecule has 2 aromatic rings. The second-order valence-corrected chi connectivity index (χ2v) is 5.38. The summed E-state index contributed by atoms with van der Waals surface area (Å²) in [6, 6.07) is 14.3. The Morgan fingerprint density at radius 1 is 1.30 bits per heavy atom. The van der Waals surface area contributed by atoms with Gasteiger partial charge in [0.15, 0.2) is 0 Å². The van der Waals surface area contributed by atoms with Gasteiger partial charge in [0.1, 0.15) is 0 Å². The van der Waals surface area contributed by atoms with E-state index in [9.17, 15) is 4.79 Å². The molecule has 0 unspecified atom stereocenters. The van der Waals surface area contributed by atoms with Gasteiger partial charge in [0.05, 0.1) is 12.8 Å². The van der Waals surface area contributed by atoms with Crippen LogP contribution in [0.3, 0.4) is 0 Å². The fourth-order valence-electron chi connectivity index (χ4n) is 1.95. The summed E-state index contributed by atoms with van der Waals surface area (Å²) in [6.07, 6.45) is 1.57. The summed E-state index contributed by atoms with van der Waals surface area (Å²) in [6.45, 7) is 0.679. The minimum absolute atomic E-state index is 0.106. The molecule has 1 amide bonds. The predicted octanol–water partition coefficient (Wildman–Crippen LogP) is 2.53. The molecule has 0 fully saturated rings. The molecule has 23 heavy (non-hydrogen) atoms. The number of aliphatic hydroxyl groups is 1. The lowest BCUT2D eigenvalue weighted by Gasteiger charge is -2.17. The Kier molecular flexibility index (Phi) is 6.14. The maximum atomic E-state index is 11.9. The Morgan fingerprint density at radius 2 is 2.04 bits per heavy atom. The van der Waals surface area contributed by atoms with Crippen LogP contribution in [0.1, 0.15) is 15.9 Å². The van der Waals surface area contributed by atoms with Crippen molar-refractivity contribution in [3.8, 4) is 0 Å². The smallest absolute Gasteiger partial charge is 0.271 e. The van der Waals surface area contributed by atoms with Gasteiger partial charge in [-0.25, -0.2) is 5.43 Å². The molecule has 0 saturated heterocycles. The lowest BCUT2D eigenvalue weighted by Crippen LogP contribution is -2.20. The third kappa shape index (κ3) is 5.09. The molecule has 120 valence electrons. The molecule has 0 bridgehead atoms. The molecule has 0 spiro atoms. The number of carbonyl (C=O) groups is 1. The van der Waals surface area contributed by atoms with Crippen molar-refractivity contribution in [1.82, 2.24) is 5.43 Å². The van der Waals surface area contributed by atoms with E-state index in [1.54, 1.807) is 30.5 Å². The van der Waals surface area contributed by atoms with E-state index in [1.165, 1.54) is 0 Å². The second kappa shape index (κ2) is 8.31. The van der Waals surface area contributed by atoms with Crippen molar-refractivity contribution < 1.29 is 9.90 Å². The minimum Gasteiger partial charge on any atom is -0.395 e. The highest BCUT2D eigenvalue weighted by Gasteiger charge is 2.04. The fourth-order valence-corrected chi connectivity index (χ4v) is 2.14. The minimum atomic E-state index is -0.317. The predicted molar refractivity (Wildman–Crippen MR) is 93.3 cm³/mol. The molecular weight excluding hydrogens is 314 g/mol. The van der Waals surface area contributed by atoms with Gasteiger partial charge in [0, 0.05) is 29.9 Å². The first kappa shape index (κ1) is 17.0. The summed E-state index contributed by atoms with van der Waals surface area (Å²) in [4.78, 5) is 13.8. The van der Waals surface area contributed by atoms with Crippen LogP contribution >= 0.6 is 11.6 Å². The molecule has 0 aliphatic carbocycles. The van der Waals surface area contributed by atoms with Crippen molar-refractivity contribution in [2.24, 2.45) is 5.10 Å². The summed E-state index contributed by atoms with van der Waals surface area (Å²) >= 11 is 5.84. The number of aliphatic hydroxyl groups excluding tert-OH is 1. The zero-order valence-electron chi connectivity index (χ0n) is 12.7. The third-order valence-electron chi connectivity index (χ3n) is 3.24. The van der Waals surface area contributed by atoms with E-state index in [0.29, 0.717) is 17.1 Å². The van der Waals surface area contributed by atoms with Gasteiger partial charge < -0.3 is 10.0 Å². The molecule has 0 aromatic heterocycles. The monoisotopic (exact) mass is 331 g/mol. The topological polar surface area (TPSA) is 64.9 Å². The van der Waals surface area contributed by atoms with Crippen LogP contribution in [0, 0.1) is 0 Å². The van der Waals surface area contributed by atoms with Crippen molar-refractivity contribution in [1.29, 1.82) is 0 Å². The Morgan fingerprint density at radius 3 is 2.70 bits per heavy atom. The highest BCUT2D eigenvalue weighted by atomic mass is 35.5.